The molecule has 5 nitrogen and oxygen atoms in total. The highest BCUT2D eigenvalue weighted by Gasteiger charge is 2.17. The van der Waals surface area contributed by atoms with Crippen molar-refractivity contribution in [3.8, 4) is 0 Å². The van der Waals surface area contributed by atoms with E-state index in [1.54, 1.807) is 6.26 Å². The summed E-state index contributed by atoms with van der Waals surface area (Å²) in [7, 11) is 0. The number of nitrogens with one attached hydrogen (secondary N) is 1. The Hall–Kier alpha value is -3.60. The second kappa shape index (κ2) is 8.03. The summed E-state index contributed by atoms with van der Waals surface area (Å²) >= 11 is 0. The van der Waals surface area contributed by atoms with Gasteiger partial charge in [0.1, 0.15) is 22.7 Å². The Morgan fingerprint density at radius 3 is 2.60 bits per heavy atom. The molecule has 1 unspecified atom stereocenters. The maximum absolute atomic E-state index is 6.06. The fourth-order valence-electron chi connectivity index (χ4n) is 3.95. The fraction of sp³-hybridized carbons (Fsp3) is 0.200. The quantitative estimate of drug-likeness (QED) is 0.359. The van der Waals surface area contributed by atoms with Crippen LogP contribution in [0.5, 0.6) is 0 Å². The Labute approximate surface area is 174 Å². The standard InChI is InChI=1S/C25H23N3O2/c1-17-27-23-20-10-5-6-11-22(20)30-24(23)25(28-17)26-14-13-19(21-12-7-15-29-21)16-18-8-3-2-4-9-18/h2-12,15,19H,13-14,16H2,1H3,(H,26,27,28). The average Bonchev–Trinajstić information content (AvgIpc) is 3.42. The van der Waals surface area contributed by atoms with E-state index >= 15 is 0 Å². The van der Waals surface area contributed by atoms with E-state index in [1.165, 1.54) is 5.56 Å². The van der Waals surface area contributed by atoms with Crippen LogP contribution in [0.3, 0.4) is 0 Å². The molecule has 5 rings (SSSR count). The van der Waals surface area contributed by atoms with E-state index in [1.807, 2.05) is 43.3 Å². The van der Waals surface area contributed by atoms with Crippen molar-refractivity contribution >= 4 is 27.9 Å². The molecular weight excluding hydrogens is 374 g/mol. The molecular formula is C25H23N3O2. The molecule has 0 spiro atoms. The summed E-state index contributed by atoms with van der Waals surface area (Å²) < 4.78 is 11.8. The summed E-state index contributed by atoms with van der Waals surface area (Å²) in [5.41, 5.74) is 3.69. The largest absolute Gasteiger partial charge is 0.469 e. The molecule has 3 aromatic heterocycles. The van der Waals surface area contributed by atoms with Crippen molar-refractivity contribution in [1.29, 1.82) is 0 Å². The highest BCUT2D eigenvalue weighted by atomic mass is 16.3. The first-order chi connectivity index (χ1) is 14.8. The van der Waals surface area contributed by atoms with Crippen molar-refractivity contribution in [2.75, 3.05) is 11.9 Å². The van der Waals surface area contributed by atoms with Crippen LogP contribution >= 0.6 is 0 Å². The Bertz CT molecular complexity index is 1260. The zero-order chi connectivity index (χ0) is 20.3. The number of para-hydroxylation sites is 1. The van der Waals surface area contributed by atoms with Gasteiger partial charge in [-0.15, -0.1) is 0 Å². The predicted octanol–water partition coefficient (Wildman–Crippen LogP) is 6.11. The number of fused-ring (bicyclic) bond motifs is 3. The maximum atomic E-state index is 6.06. The molecule has 0 saturated carbocycles. The lowest BCUT2D eigenvalue weighted by molar-refractivity contribution is 0.448. The molecule has 30 heavy (non-hydrogen) atoms. The summed E-state index contributed by atoms with van der Waals surface area (Å²) in [5.74, 6) is 2.76. The van der Waals surface area contributed by atoms with Crippen molar-refractivity contribution in [2.24, 2.45) is 0 Å². The molecule has 0 saturated heterocycles. The van der Waals surface area contributed by atoms with Crippen molar-refractivity contribution < 1.29 is 8.83 Å². The molecule has 0 fully saturated rings. The highest BCUT2D eigenvalue weighted by molar-refractivity contribution is 6.05. The topological polar surface area (TPSA) is 64.1 Å². The van der Waals surface area contributed by atoms with E-state index in [9.17, 15) is 0 Å². The zero-order valence-corrected chi connectivity index (χ0v) is 16.8. The first-order valence-corrected chi connectivity index (χ1v) is 10.2. The van der Waals surface area contributed by atoms with Gasteiger partial charge in [-0.2, -0.15) is 0 Å². The summed E-state index contributed by atoms with van der Waals surface area (Å²) in [5, 5.41) is 4.49. The van der Waals surface area contributed by atoms with Crippen LogP contribution < -0.4 is 5.32 Å². The van der Waals surface area contributed by atoms with E-state index < -0.39 is 0 Å². The predicted molar refractivity (Wildman–Crippen MR) is 119 cm³/mol. The lowest BCUT2D eigenvalue weighted by Crippen LogP contribution is -2.11. The van der Waals surface area contributed by atoms with Gasteiger partial charge in [0.25, 0.3) is 0 Å². The van der Waals surface area contributed by atoms with Gasteiger partial charge in [-0.1, -0.05) is 42.5 Å². The van der Waals surface area contributed by atoms with E-state index in [2.05, 4.69) is 45.6 Å². The van der Waals surface area contributed by atoms with Crippen LogP contribution in [0.1, 0.15) is 29.5 Å². The zero-order valence-electron chi connectivity index (χ0n) is 16.8. The Kier molecular flexibility index (Phi) is 4.93. The van der Waals surface area contributed by atoms with Crippen LogP contribution in [0.2, 0.25) is 0 Å². The number of nitrogens with zero attached hydrogens (tertiary/aromatic N) is 2. The lowest BCUT2D eigenvalue weighted by atomic mass is 9.94. The van der Waals surface area contributed by atoms with Crippen molar-refractivity contribution in [3.63, 3.8) is 0 Å². The van der Waals surface area contributed by atoms with Gasteiger partial charge < -0.3 is 14.2 Å². The monoisotopic (exact) mass is 397 g/mol. The van der Waals surface area contributed by atoms with Crippen molar-refractivity contribution in [3.05, 3.63) is 90.1 Å². The van der Waals surface area contributed by atoms with Gasteiger partial charge in [0.15, 0.2) is 11.4 Å². The smallest absolute Gasteiger partial charge is 0.196 e. The number of rotatable bonds is 7. The Morgan fingerprint density at radius 1 is 0.933 bits per heavy atom. The van der Waals surface area contributed by atoms with Gasteiger partial charge in [0, 0.05) is 17.8 Å². The van der Waals surface area contributed by atoms with E-state index in [0.717, 1.165) is 53.3 Å². The molecule has 1 N–H and O–H groups in total. The summed E-state index contributed by atoms with van der Waals surface area (Å²) in [4.78, 5) is 9.21. The van der Waals surface area contributed by atoms with E-state index in [0.29, 0.717) is 5.58 Å². The molecule has 5 aromatic rings. The first-order valence-electron chi connectivity index (χ1n) is 10.2. The van der Waals surface area contributed by atoms with Crippen LogP contribution in [-0.4, -0.2) is 16.5 Å². The molecule has 0 bridgehead atoms. The molecule has 3 heterocycles. The second-order valence-electron chi connectivity index (χ2n) is 7.51. The average molecular weight is 397 g/mol. The second-order valence-corrected chi connectivity index (χ2v) is 7.51. The molecule has 1 atom stereocenters. The number of hydrogen-bond acceptors (Lipinski definition) is 5. The molecule has 0 radical (unpaired) electrons. The molecule has 5 heteroatoms. The molecule has 0 aliphatic heterocycles. The van der Waals surface area contributed by atoms with Crippen molar-refractivity contribution in [2.45, 2.75) is 25.7 Å². The van der Waals surface area contributed by atoms with Crippen LogP contribution in [0.4, 0.5) is 5.82 Å². The van der Waals surface area contributed by atoms with E-state index in [-0.39, 0.29) is 5.92 Å². The van der Waals surface area contributed by atoms with Gasteiger partial charge in [0.2, 0.25) is 0 Å². The van der Waals surface area contributed by atoms with E-state index in [4.69, 9.17) is 8.83 Å². The number of aromatic nitrogens is 2. The summed E-state index contributed by atoms with van der Waals surface area (Å²) in [6, 6.07) is 22.5. The first kappa shape index (κ1) is 18.4. The SMILES string of the molecule is Cc1nc(NCCC(Cc2ccccc2)c2ccco2)c2oc3ccccc3c2n1. The number of furan rings is 2. The van der Waals surface area contributed by atoms with Crippen LogP contribution in [0, 0.1) is 6.92 Å². The van der Waals surface area contributed by atoms with Crippen LogP contribution in [0.25, 0.3) is 22.1 Å². The maximum Gasteiger partial charge on any atom is 0.196 e. The van der Waals surface area contributed by atoms with Gasteiger partial charge in [-0.3, -0.25) is 0 Å². The van der Waals surface area contributed by atoms with Crippen LogP contribution in [0.15, 0.2) is 81.8 Å². The molecule has 2 aromatic carbocycles. The summed E-state index contributed by atoms with van der Waals surface area (Å²) in [6.07, 6.45) is 3.58. The molecule has 0 amide bonds. The fourth-order valence-corrected chi connectivity index (χ4v) is 3.95. The molecule has 0 aliphatic carbocycles. The number of hydrogen-bond donors (Lipinski definition) is 1. The highest BCUT2D eigenvalue weighted by Crippen LogP contribution is 2.31. The number of aryl methyl sites for hydroxylation is 1. The normalized spacial score (nSPS) is 12.4. The van der Waals surface area contributed by atoms with Crippen molar-refractivity contribution in [1.82, 2.24) is 9.97 Å². The third-order valence-electron chi connectivity index (χ3n) is 5.39. The van der Waals surface area contributed by atoms with Gasteiger partial charge in [0.05, 0.1) is 6.26 Å². The van der Waals surface area contributed by atoms with Crippen LogP contribution in [-0.2, 0) is 6.42 Å². The minimum atomic E-state index is 0.281. The van der Waals surface area contributed by atoms with Gasteiger partial charge >= 0.3 is 0 Å². The minimum absolute atomic E-state index is 0.281. The third kappa shape index (κ3) is 3.66. The number of benzene rings is 2. The molecule has 0 aliphatic rings. The minimum Gasteiger partial charge on any atom is -0.469 e. The lowest BCUT2D eigenvalue weighted by Gasteiger charge is -2.15. The third-order valence-corrected chi connectivity index (χ3v) is 5.39. The molecule has 150 valence electrons. The Morgan fingerprint density at radius 2 is 1.77 bits per heavy atom. The van der Waals surface area contributed by atoms with Gasteiger partial charge in [-0.25, -0.2) is 9.97 Å². The Balaban J connectivity index is 1.37. The summed E-state index contributed by atoms with van der Waals surface area (Å²) in [6.45, 7) is 2.66. The number of anilines is 1. The van der Waals surface area contributed by atoms with Gasteiger partial charge in [-0.05, 0) is 49.6 Å².